The summed E-state index contributed by atoms with van der Waals surface area (Å²) >= 11 is 1.49. The van der Waals surface area contributed by atoms with Crippen LogP contribution in [-0.4, -0.2) is 47.9 Å². The Morgan fingerprint density at radius 1 is 1.50 bits per heavy atom. The van der Waals surface area contributed by atoms with Crippen LogP contribution in [0.3, 0.4) is 0 Å². The Morgan fingerprint density at radius 3 is 3.05 bits per heavy atom. The molecular weight excluding hydrogens is 276 g/mol. The first-order valence-corrected chi connectivity index (χ1v) is 7.80. The van der Waals surface area contributed by atoms with E-state index in [2.05, 4.69) is 15.6 Å². The number of hydrogen-bond acceptors (Lipinski definition) is 5. The molecular formula is C13H20N4O2S. The van der Waals surface area contributed by atoms with Gasteiger partial charge in [0.05, 0.1) is 6.04 Å². The van der Waals surface area contributed by atoms with E-state index in [9.17, 15) is 9.59 Å². The topological polar surface area (TPSA) is 74.3 Å². The van der Waals surface area contributed by atoms with Gasteiger partial charge in [0.1, 0.15) is 5.01 Å². The minimum absolute atomic E-state index is 0.184. The normalized spacial score (nSPS) is 17.4. The molecule has 20 heavy (non-hydrogen) atoms. The highest BCUT2D eigenvalue weighted by atomic mass is 32.1. The molecule has 1 aliphatic heterocycles. The molecule has 1 unspecified atom stereocenters. The van der Waals surface area contributed by atoms with Gasteiger partial charge in [-0.15, -0.1) is 11.3 Å². The Balaban J connectivity index is 1.94. The van der Waals surface area contributed by atoms with Crippen molar-refractivity contribution >= 4 is 23.2 Å². The summed E-state index contributed by atoms with van der Waals surface area (Å²) in [7, 11) is 0. The molecule has 2 amide bonds. The van der Waals surface area contributed by atoms with Crippen LogP contribution in [0.15, 0.2) is 11.6 Å². The van der Waals surface area contributed by atoms with Gasteiger partial charge in [-0.2, -0.15) is 0 Å². The predicted molar refractivity (Wildman–Crippen MR) is 77.4 cm³/mol. The van der Waals surface area contributed by atoms with Crippen molar-refractivity contribution in [3.63, 3.8) is 0 Å². The predicted octanol–water partition coefficient (Wildman–Crippen LogP) is 0.532. The number of carbonyl (C=O) groups is 2. The molecule has 6 nitrogen and oxygen atoms in total. The smallest absolute Gasteiger partial charge is 0.311 e. The van der Waals surface area contributed by atoms with Gasteiger partial charge in [0.15, 0.2) is 0 Å². The summed E-state index contributed by atoms with van der Waals surface area (Å²) in [5, 5.41) is 8.70. The monoisotopic (exact) mass is 296 g/mol. The van der Waals surface area contributed by atoms with Crippen LogP contribution in [0, 0.1) is 0 Å². The largest absolute Gasteiger partial charge is 0.339 e. The summed E-state index contributed by atoms with van der Waals surface area (Å²) in [5.74, 6) is -0.974. The van der Waals surface area contributed by atoms with Crippen LogP contribution in [0.2, 0.25) is 0 Å². The molecule has 110 valence electrons. The van der Waals surface area contributed by atoms with Gasteiger partial charge in [0, 0.05) is 31.2 Å². The number of carbonyl (C=O) groups excluding carboxylic acids is 2. The second kappa shape index (κ2) is 7.35. The third-order valence-electron chi connectivity index (χ3n) is 3.28. The average Bonchev–Trinajstić information content (AvgIpc) is 2.85. The number of thiazole rings is 1. The van der Waals surface area contributed by atoms with Crippen molar-refractivity contribution in [2.75, 3.05) is 26.2 Å². The lowest BCUT2D eigenvalue weighted by atomic mass is 10.2. The van der Waals surface area contributed by atoms with Crippen LogP contribution in [0.1, 0.15) is 30.8 Å². The number of nitrogens with zero attached hydrogens (tertiary/aromatic N) is 2. The summed E-state index contributed by atoms with van der Waals surface area (Å²) in [4.78, 5) is 30.0. The lowest BCUT2D eigenvalue weighted by Gasteiger charge is -2.21. The van der Waals surface area contributed by atoms with Crippen LogP contribution >= 0.6 is 11.3 Å². The highest BCUT2D eigenvalue weighted by molar-refractivity contribution is 7.09. The molecule has 1 aliphatic rings. The lowest BCUT2D eigenvalue weighted by molar-refractivity contribution is -0.146. The quantitative estimate of drug-likeness (QED) is 0.798. The summed E-state index contributed by atoms with van der Waals surface area (Å²) < 4.78 is 0. The van der Waals surface area contributed by atoms with Gasteiger partial charge in [0.2, 0.25) is 0 Å². The molecule has 2 rings (SSSR count). The Labute approximate surface area is 122 Å². The summed E-state index contributed by atoms with van der Waals surface area (Å²) in [6.07, 6.45) is 3.30. The summed E-state index contributed by atoms with van der Waals surface area (Å²) in [5.41, 5.74) is 0. The van der Waals surface area contributed by atoms with E-state index in [1.807, 2.05) is 12.3 Å². The molecule has 0 saturated carbocycles. The third-order valence-corrected chi connectivity index (χ3v) is 4.17. The fraction of sp³-hybridized carbons (Fsp3) is 0.615. The van der Waals surface area contributed by atoms with Crippen molar-refractivity contribution < 1.29 is 9.59 Å². The van der Waals surface area contributed by atoms with E-state index in [-0.39, 0.29) is 6.04 Å². The molecule has 1 atom stereocenters. The molecule has 0 spiro atoms. The van der Waals surface area contributed by atoms with Gasteiger partial charge in [-0.05, 0) is 19.4 Å². The molecule has 0 aliphatic carbocycles. The number of nitrogens with one attached hydrogen (secondary N) is 2. The highest BCUT2D eigenvalue weighted by Crippen LogP contribution is 2.18. The molecule has 2 heterocycles. The maximum atomic E-state index is 12.1. The van der Waals surface area contributed by atoms with Crippen LogP contribution in [0.25, 0.3) is 0 Å². The van der Waals surface area contributed by atoms with Crippen LogP contribution < -0.4 is 10.6 Å². The van der Waals surface area contributed by atoms with E-state index in [0.717, 1.165) is 24.5 Å². The first kappa shape index (κ1) is 14.9. The van der Waals surface area contributed by atoms with Gasteiger partial charge in [-0.1, -0.05) is 6.92 Å². The van der Waals surface area contributed by atoms with E-state index in [1.165, 1.54) is 11.3 Å². The summed E-state index contributed by atoms with van der Waals surface area (Å²) in [6, 6.07) is -0.184. The molecule has 0 bridgehead atoms. The molecule has 2 N–H and O–H groups in total. The Bertz CT molecular complexity index is 441. The van der Waals surface area contributed by atoms with Crippen molar-refractivity contribution in [2.24, 2.45) is 0 Å². The number of aromatic nitrogens is 1. The van der Waals surface area contributed by atoms with Gasteiger partial charge in [-0.25, -0.2) is 4.98 Å². The molecule has 1 fully saturated rings. The minimum atomic E-state index is -0.533. The molecule has 1 aromatic heterocycles. The fourth-order valence-electron chi connectivity index (χ4n) is 2.16. The van der Waals surface area contributed by atoms with Crippen LogP contribution in [0.5, 0.6) is 0 Å². The standard InChI is InChI=1S/C13H20N4O2S/c1-2-10(12-15-6-9-20-12)16-11(18)13(19)17-7-3-4-14-5-8-17/h6,9-10,14H,2-5,7-8H2,1H3,(H,16,18). The Hall–Kier alpha value is -1.47. The van der Waals surface area contributed by atoms with Crippen molar-refractivity contribution in [3.8, 4) is 0 Å². The minimum Gasteiger partial charge on any atom is -0.339 e. The van der Waals surface area contributed by atoms with E-state index < -0.39 is 11.8 Å². The number of rotatable bonds is 3. The Morgan fingerprint density at radius 2 is 2.35 bits per heavy atom. The maximum Gasteiger partial charge on any atom is 0.311 e. The molecule has 0 radical (unpaired) electrons. The zero-order chi connectivity index (χ0) is 14.4. The summed E-state index contributed by atoms with van der Waals surface area (Å²) in [6.45, 7) is 4.81. The maximum absolute atomic E-state index is 12.1. The van der Waals surface area contributed by atoms with E-state index >= 15 is 0 Å². The van der Waals surface area contributed by atoms with Gasteiger partial charge in [-0.3, -0.25) is 9.59 Å². The second-order valence-electron chi connectivity index (χ2n) is 4.70. The van der Waals surface area contributed by atoms with Gasteiger partial charge >= 0.3 is 11.8 Å². The van der Waals surface area contributed by atoms with Gasteiger partial charge in [0.25, 0.3) is 0 Å². The SMILES string of the molecule is CCC(NC(=O)C(=O)N1CCCNCC1)c1nccs1. The van der Waals surface area contributed by atoms with Gasteiger partial charge < -0.3 is 15.5 Å². The molecule has 1 saturated heterocycles. The Kier molecular flexibility index (Phi) is 5.49. The first-order chi connectivity index (χ1) is 9.72. The number of amides is 2. The zero-order valence-corrected chi connectivity index (χ0v) is 12.4. The van der Waals surface area contributed by atoms with Crippen molar-refractivity contribution in [2.45, 2.75) is 25.8 Å². The highest BCUT2D eigenvalue weighted by Gasteiger charge is 2.25. The van der Waals surface area contributed by atoms with Crippen molar-refractivity contribution in [1.82, 2.24) is 20.5 Å². The fourth-order valence-corrected chi connectivity index (χ4v) is 2.93. The zero-order valence-electron chi connectivity index (χ0n) is 11.6. The van der Waals surface area contributed by atoms with Crippen molar-refractivity contribution in [3.05, 3.63) is 16.6 Å². The average molecular weight is 296 g/mol. The lowest BCUT2D eigenvalue weighted by Crippen LogP contribution is -2.45. The van der Waals surface area contributed by atoms with Crippen molar-refractivity contribution in [1.29, 1.82) is 0 Å². The van der Waals surface area contributed by atoms with E-state index in [1.54, 1.807) is 11.1 Å². The molecule has 0 aromatic carbocycles. The van der Waals surface area contributed by atoms with E-state index in [4.69, 9.17) is 0 Å². The van der Waals surface area contributed by atoms with E-state index in [0.29, 0.717) is 19.5 Å². The molecule has 7 heteroatoms. The second-order valence-corrected chi connectivity index (χ2v) is 5.63. The first-order valence-electron chi connectivity index (χ1n) is 6.92. The van der Waals surface area contributed by atoms with Crippen LogP contribution in [0.4, 0.5) is 0 Å². The number of hydrogen-bond donors (Lipinski definition) is 2. The third kappa shape index (κ3) is 3.77. The van der Waals surface area contributed by atoms with Crippen LogP contribution in [-0.2, 0) is 9.59 Å². The molecule has 1 aromatic rings.